The van der Waals surface area contributed by atoms with Gasteiger partial charge in [0, 0.05) is 69.8 Å². The first-order valence-corrected chi connectivity index (χ1v) is 12.7. The van der Waals surface area contributed by atoms with Gasteiger partial charge in [0.15, 0.2) is 0 Å². The Labute approximate surface area is 216 Å². The number of hydrogen-bond donors (Lipinski definition) is 1. The van der Waals surface area contributed by atoms with E-state index in [9.17, 15) is 18.0 Å². The molecule has 0 bridgehead atoms. The molecule has 1 aromatic heterocycles. The van der Waals surface area contributed by atoms with E-state index >= 15 is 0 Å². The van der Waals surface area contributed by atoms with Gasteiger partial charge in [0.05, 0.1) is 16.8 Å². The Bertz CT molecular complexity index is 1150. The molecular weight excluding hydrogens is 483 g/mol. The van der Waals surface area contributed by atoms with Crippen LogP contribution in [0.1, 0.15) is 48.6 Å². The number of allylic oxidation sites excluding steroid dienone is 1. The van der Waals surface area contributed by atoms with Crippen LogP contribution >= 0.6 is 0 Å². The van der Waals surface area contributed by atoms with Gasteiger partial charge in [-0.15, -0.1) is 0 Å². The number of rotatable bonds is 8. The number of nitrogens with zero attached hydrogens (tertiary/aromatic N) is 4. The number of aromatic nitrogens is 2. The van der Waals surface area contributed by atoms with E-state index in [1.165, 1.54) is 13.0 Å². The minimum absolute atomic E-state index is 0.0311. The van der Waals surface area contributed by atoms with Gasteiger partial charge in [-0.05, 0) is 51.2 Å². The van der Waals surface area contributed by atoms with Crippen LogP contribution in [0.2, 0.25) is 0 Å². The predicted octanol–water partition coefficient (Wildman–Crippen LogP) is 3.83. The molecule has 0 saturated carbocycles. The van der Waals surface area contributed by atoms with Crippen LogP contribution in [-0.2, 0) is 29.2 Å². The van der Waals surface area contributed by atoms with Gasteiger partial charge in [-0.25, -0.2) is 0 Å². The third-order valence-corrected chi connectivity index (χ3v) is 7.36. The zero-order valence-corrected chi connectivity index (χ0v) is 21.9. The number of carbonyl (C=O) groups excluding carboxylic acids is 1. The number of alkyl halides is 3. The van der Waals surface area contributed by atoms with Crippen LogP contribution in [0.4, 0.5) is 18.9 Å². The molecule has 10 heteroatoms. The van der Waals surface area contributed by atoms with E-state index in [2.05, 4.69) is 10.00 Å². The van der Waals surface area contributed by atoms with Crippen molar-refractivity contribution < 1.29 is 22.7 Å². The summed E-state index contributed by atoms with van der Waals surface area (Å²) >= 11 is 0. The van der Waals surface area contributed by atoms with Gasteiger partial charge in [-0.2, -0.15) is 18.3 Å². The number of Topliss-reactive ketones (excluding diaryl/α,β-unsaturated/α-hetero) is 1. The highest BCUT2D eigenvalue weighted by atomic mass is 19.4. The van der Waals surface area contributed by atoms with Crippen molar-refractivity contribution in [2.24, 2.45) is 18.7 Å². The van der Waals surface area contributed by atoms with E-state index in [-0.39, 0.29) is 29.4 Å². The zero-order chi connectivity index (χ0) is 26.9. The van der Waals surface area contributed by atoms with Crippen molar-refractivity contribution in [3.63, 3.8) is 0 Å². The minimum atomic E-state index is -4.47. The second kappa shape index (κ2) is 10.9. The van der Waals surface area contributed by atoms with E-state index < -0.39 is 11.7 Å². The van der Waals surface area contributed by atoms with Crippen molar-refractivity contribution >= 4 is 17.2 Å². The molecule has 0 amide bonds. The Kier molecular flexibility index (Phi) is 7.99. The maximum absolute atomic E-state index is 14.2. The fourth-order valence-corrected chi connectivity index (χ4v) is 5.19. The largest absolute Gasteiger partial charge is 0.490 e. The molecule has 0 radical (unpaired) electrons. The Hall–Kier alpha value is -2.85. The molecule has 2 aromatic rings. The summed E-state index contributed by atoms with van der Waals surface area (Å²) in [5.41, 5.74) is 7.66. The molecule has 202 valence electrons. The lowest BCUT2D eigenvalue weighted by molar-refractivity contribution is -0.137. The molecule has 1 fully saturated rings. The van der Waals surface area contributed by atoms with Crippen molar-refractivity contribution in [2.45, 2.75) is 44.9 Å². The number of likely N-dealkylation sites (N-methyl/N-ethyl adjacent to an activating group) is 1. The molecule has 0 spiro atoms. The lowest BCUT2D eigenvalue weighted by atomic mass is 9.86. The Morgan fingerprint density at radius 2 is 1.92 bits per heavy atom. The summed E-state index contributed by atoms with van der Waals surface area (Å²) in [6.45, 7) is 6.23. The molecule has 3 atom stereocenters. The third-order valence-electron chi connectivity index (χ3n) is 7.36. The standard InChI is InChI=1S/C27H36F3N5O2/c1-17(36)11-21(15-31)18(2)37-26-14-20(13-24-22(26)16-34(4)32-24)19-5-6-25(23(12-19)27(28,29)30)35-9-7-33(3)8-10-35/h5-6,12,14,16,18,20-21H,7-11,13,15,31H2,1-4H3. The number of nitrogens with two attached hydrogens (primary N) is 1. The molecule has 1 aromatic carbocycles. The van der Waals surface area contributed by atoms with Gasteiger partial charge >= 0.3 is 6.18 Å². The number of fused-ring (bicyclic) bond motifs is 1. The quantitative estimate of drug-likeness (QED) is 0.571. The van der Waals surface area contributed by atoms with Crippen molar-refractivity contribution in [1.29, 1.82) is 0 Å². The average Bonchev–Trinajstić information content (AvgIpc) is 3.22. The SMILES string of the molecule is CC(=O)CC(CN)C(C)OC1=CC(c2ccc(N3CCN(C)CC3)c(C(F)(F)F)c2)Cc2nn(C)cc21. The maximum atomic E-state index is 14.2. The van der Waals surface area contributed by atoms with Crippen molar-refractivity contribution in [1.82, 2.24) is 14.7 Å². The summed E-state index contributed by atoms with van der Waals surface area (Å²) in [6.07, 6.45) is -0.320. The predicted molar refractivity (Wildman–Crippen MR) is 137 cm³/mol. The van der Waals surface area contributed by atoms with Gasteiger partial charge in [0.1, 0.15) is 17.6 Å². The number of aryl methyl sites for hydroxylation is 1. The highest BCUT2D eigenvalue weighted by Crippen LogP contribution is 2.41. The lowest BCUT2D eigenvalue weighted by Crippen LogP contribution is -2.45. The Morgan fingerprint density at radius 3 is 2.54 bits per heavy atom. The van der Waals surface area contributed by atoms with Crippen LogP contribution in [0.3, 0.4) is 0 Å². The summed E-state index contributed by atoms with van der Waals surface area (Å²) in [5, 5.41) is 4.55. The number of ketones is 1. The molecule has 4 rings (SSSR count). The molecule has 3 unspecified atom stereocenters. The lowest BCUT2D eigenvalue weighted by Gasteiger charge is -2.35. The number of halogens is 3. The molecule has 1 aliphatic carbocycles. The summed E-state index contributed by atoms with van der Waals surface area (Å²) in [6, 6.07) is 4.67. The highest BCUT2D eigenvalue weighted by molar-refractivity contribution is 5.75. The fraction of sp³-hybridized carbons (Fsp3) is 0.556. The van der Waals surface area contributed by atoms with Crippen molar-refractivity contribution in [3.8, 4) is 0 Å². The first-order chi connectivity index (χ1) is 17.5. The van der Waals surface area contributed by atoms with Crippen LogP contribution in [0.15, 0.2) is 30.5 Å². The molecule has 1 aliphatic heterocycles. The number of carbonyl (C=O) groups is 1. The molecule has 7 nitrogen and oxygen atoms in total. The van der Waals surface area contributed by atoms with E-state index in [0.29, 0.717) is 43.8 Å². The third kappa shape index (κ3) is 6.18. The molecule has 2 N–H and O–H groups in total. The molecular formula is C27H36F3N5O2. The summed E-state index contributed by atoms with van der Waals surface area (Å²) in [4.78, 5) is 15.6. The van der Waals surface area contributed by atoms with Gasteiger partial charge in [-0.3, -0.25) is 4.68 Å². The number of anilines is 1. The van der Waals surface area contributed by atoms with Crippen molar-refractivity contribution in [2.75, 3.05) is 44.7 Å². The van der Waals surface area contributed by atoms with Gasteiger partial charge in [-0.1, -0.05) is 6.07 Å². The van der Waals surface area contributed by atoms with Gasteiger partial charge in [0.2, 0.25) is 0 Å². The van der Waals surface area contributed by atoms with Crippen LogP contribution in [-0.4, -0.2) is 66.3 Å². The highest BCUT2D eigenvalue weighted by Gasteiger charge is 2.37. The topological polar surface area (TPSA) is 76.6 Å². The Balaban J connectivity index is 1.67. The Morgan fingerprint density at radius 1 is 1.22 bits per heavy atom. The van der Waals surface area contributed by atoms with Crippen LogP contribution in [0.25, 0.3) is 5.76 Å². The van der Waals surface area contributed by atoms with Crippen LogP contribution in [0, 0.1) is 5.92 Å². The van der Waals surface area contributed by atoms with Crippen LogP contribution in [0.5, 0.6) is 0 Å². The van der Waals surface area contributed by atoms with E-state index in [1.54, 1.807) is 23.9 Å². The smallest absolute Gasteiger partial charge is 0.418 e. The molecule has 2 aliphatic rings. The second-order valence-electron chi connectivity index (χ2n) is 10.3. The first kappa shape index (κ1) is 27.2. The monoisotopic (exact) mass is 519 g/mol. The molecule has 1 saturated heterocycles. The zero-order valence-electron chi connectivity index (χ0n) is 21.9. The van der Waals surface area contributed by atoms with E-state index in [0.717, 1.165) is 24.3 Å². The first-order valence-electron chi connectivity index (χ1n) is 12.7. The normalized spacial score (nSPS) is 20.3. The maximum Gasteiger partial charge on any atom is 0.418 e. The number of hydrogen-bond acceptors (Lipinski definition) is 6. The van der Waals surface area contributed by atoms with Crippen LogP contribution < -0.4 is 10.6 Å². The minimum Gasteiger partial charge on any atom is -0.490 e. The molecule has 2 heterocycles. The average molecular weight is 520 g/mol. The van der Waals surface area contributed by atoms with Crippen molar-refractivity contribution in [3.05, 3.63) is 52.9 Å². The number of piperazine rings is 1. The van der Waals surface area contributed by atoms with E-state index in [4.69, 9.17) is 10.5 Å². The fourth-order valence-electron chi connectivity index (χ4n) is 5.19. The molecule has 37 heavy (non-hydrogen) atoms. The number of ether oxygens (including phenoxy) is 1. The van der Waals surface area contributed by atoms with Gasteiger partial charge in [0.25, 0.3) is 0 Å². The van der Waals surface area contributed by atoms with E-state index in [1.807, 2.05) is 31.1 Å². The summed E-state index contributed by atoms with van der Waals surface area (Å²) in [7, 11) is 3.78. The summed E-state index contributed by atoms with van der Waals surface area (Å²) in [5.74, 6) is 0.0871. The second-order valence-corrected chi connectivity index (χ2v) is 10.3. The van der Waals surface area contributed by atoms with Gasteiger partial charge < -0.3 is 25.1 Å². The number of benzene rings is 1. The summed E-state index contributed by atoms with van der Waals surface area (Å²) < 4.78 is 50.6.